The molecule has 0 saturated carbocycles. The van der Waals surface area contributed by atoms with Crippen molar-refractivity contribution in [2.24, 2.45) is 11.5 Å². The topological polar surface area (TPSA) is 95.4 Å². The van der Waals surface area contributed by atoms with Gasteiger partial charge in [0.25, 0.3) is 0 Å². The molecule has 0 aliphatic rings. The largest absolute Gasteiger partial charge is 0.392 e. The zero-order valence-corrected chi connectivity index (χ0v) is 18.8. The van der Waals surface area contributed by atoms with Gasteiger partial charge in [-0.25, -0.2) is 4.79 Å². The Hall–Kier alpha value is -1.20. The Morgan fingerprint density at radius 3 is 1.93 bits per heavy atom. The van der Waals surface area contributed by atoms with Crippen molar-refractivity contribution >= 4 is 11.9 Å². The lowest BCUT2D eigenvalue weighted by Gasteiger charge is -2.09. The Balaban J connectivity index is 3.43. The normalized spacial score (nSPS) is 12.4. The molecule has 0 aromatic carbocycles. The van der Waals surface area contributed by atoms with E-state index in [0.717, 1.165) is 38.5 Å². The standard InChI is InChI=1S/C24H46N2O3/c1-2-3-4-5-6-7-8-9-10-11-12-13-14-15-16-20-23(27)29-24(28)22(26)19-17-18-21-25/h9-10,22H,2-8,11-21,25-26H2,1H3/t22-/m0/s1. The van der Waals surface area contributed by atoms with Gasteiger partial charge in [-0.15, -0.1) is 0 Å². The first-order valence-corrected chi connectivity index (χ1v) is 12.0. The van der Waals surface area contributed by atoms with Gasteiger partial charge in [0.1, 0.15) is 6.04 Å². The number of ether oxygens (including phenoxy) is 1. The number of hydrogen-bond donors (Lipinski definition) is 2. The fraction of sp³-hybridized carbons (Fsp3) is 0.833. The molecule has 170 valence electrons. The van der Waals surface area contributed by atoms with Crippen LogP contribution in [0.5, 0.6) is 0 Å². The second-order valence-corrected chi connectivity index (χ2v) is 8.02. The number of allylic oxidation sites excluding steroid dienone is 2. The molecule has 0 fully saturated rings. The number of unbranched alkanes of at least 4 members (excludes halogenated alkanes) is 12. The molecule has 5 nitrogen and oxygen atoms in total. The fourth-order valence-electron chi connectivity index (χ4n) is 3.21. The monoisotopic (exact) mass is 410 g/mol. The molecule has 4 N–H and O–H groups in total. The van der Waals surface area contributed by atoms with Gasteiger partial charge in [0.2, 0.25) is 0 Å². The molecule has 29 heavy (non-hydrogen) atoms. The zero-order chi connectivity index (χ0) is 21.6. The van der Waals surface area contributed by atoms with Crippen LogP contribution < -0.4 is 11.5 Å². The van der Waals surface area contributed by atoms with Crippen molar-refractivity contribution in [2.45, 2.75) is 122 Å². The highest BCUT2D eigenvalue weighted by molar-refractivity contribution is 5.88. The number of nitrogens with two attached hydrogens (primary N) is 2. The Morgan fingerprint density at radius 2 is 1.34 bits per heavy atom. The minimum Gasteiger partial charge on any atom is -0.392 e. The quantitative estimate of drug-likeness (QED) is 0.119. The summed E-state index contributed by atoms with van der Waals surface area (Å²) in [4.78, 5) is 23.4. The molecular weight excluding hydrogens is 364 g/mol. The summed E-state index contributed by atoms with van der Waals surface area (Å²) in [5.41, 5.74) is 11.1. The van der Waals surface area contributed by atoms with Crippen LogP contribution in [0.15, 0.2) is 12.2 Å². The van der Waals surface area contributed by atoms with Crippen LogP contribution >= 0.6 is 0 Å². The summed E-state index contributed by atoms with van der Waals surface area (Å²) in [6.45, 7) is 2.83. The van der Waals surface area contributed by atoms with Crippen LogP contribution in [0, 0.1) is 0 Å². The lowest BCUT2D eigenvalue weighted by Crippen LogP contribution is -2.33. The van der Waals surface area contributed by atoms with Gasteiger partial charge in [0.15, 0.2) is 0 Å². The van der Waals surface area contributed by atoms with E-state index in [1.54, 1.807) is 0 Å². The average Bonchev–Trinajstić information content (AvgIpc) is 2.70. The molecule has 1 atom stereocenters. The van der Waals surface area contributed by atoms with Gasteiger partial charge in [-0.1, -0.05) is 76.9 Å². The summed E-state index contributed by atoms with van der Waals surface area (Å²) < 4.78 is 4.82. The third-order valence-electron chi connectivity index (χ3n) is 5.13. The molecule has 0 aliphatic carbocycles. The smallest absolute Gasteiger partial charge is 0.330 e. The fourth-order valence-corrected chi connectivity index (χ4v) is 3.21. The molecule has 5 heteroatoms. The van der Waals surface area contributed by atoms with Gasteiger partial charge >= 0.3 is 11.9 Å². The summed E-state index contributed by atoms with van der Waals surface area (Å²) in [6, 6.07) is -0.723. The number of carbonyl (C=O) groups excluding carboxylic acids is 2. The van der Waals surface area contributed by atoms with Crippen molar-refractivity contribution in [3.05, 3.63) is 12.2 Å². The van der Waals surface area contributed by atoms with Gasteiger partial charge in [-0.2, -0.15) is 0 Å². The zero-order valence-electron chi connectivity index (χ0n) is 18.8. The first-order valence-electron chi connectivity index (χ1n) is 12.0. The molecular formula is C24H46N2O3. The summed E-state index contributed by atoms with van der Waals surface area (Å²) in [5, 5.41) is 0. The number of rotatable bonds is 20. The second kappa shape index (κ2) is 21.5. The Morgan fingerprint density at radius 1 is 0.793 bits per heavy atom. The maximum absolute atomic E-state index is 11.7. The molecule has 0 unspecified atom stereocenters. The van der Waals surface area contributed by atoms with Gasteiger partial charge in [0, 0.05) is 6.42 Å². The van der Waals surface area contributed by atoms with E-state index in [1.165, 1.54) is 57.8 Å². The number of esters is 2. The van der Waals surface area contributed by atoms with Gasteiger partial charge < -0.3 is 16.2 Å². The number of carbonyl (C=O) groups is 2. The van der Waals surface area contributed by atoms with Crippen molar-refractivity contribution in [3.63, 3.8) is 0 Å². The van der Waals surface area contributed by atoms with Crippen molar-refractivity contribution in [2.75, 3.05) is 6.54 Å². The van der Waals surface area contributed by atoms with Crippen molar-refractivity contribution < 1.29 is 14.3 Å². The van der Waals surface area contributed by atoms with E-state index in [1.807, 2.05) is 0 Å². The molecule has 0 saturated heterocycles. The van der Waals surface area contributed by atoms with Crippen LogP contribution in [0.25, 0.3) is 0 Å². The van der Waals surface area contributed by atoms with Crippen molar-refractivity contribution in [1.29, 1.82) is 0 Å². The SMILES string of the molecule is CCCCCCCCC=CCCCCCCCC(=O)OC(=O)[C@@H](N)CCCCN. The van der Waals surface area contributed by atoms with Crippen molar-refractivity contribution in [1.82, 2.24) is 0 Å². The van der Waals surface area contributed by atoms with E-state index >= 15 is 0 Å². The van der Waals surface area contributed by atoms with Crippen LogP contribution in [-0.2, 0) is 14.3 Å². The predicted octanol–water partition coefficient (Wildman–Crippen LogP) is 5.55. The summed E-state index contributed by atoms with van der Waals surface area (Å²) in [6.07, 6.45) is 22.8. The highest BCUT2D eigenvalue weighted by atomic mass is 16.6. The van der Waals surface area contributed by atoms with Crippen LogP contribution in [0.1, 0.15) is 116 Å². The maximum atomic E-state index is 11.7. The van der Waals surface area contributed by atoms with E-state index in [-0.39, 0.29) is 0 Å². The van der Waals surface area contributed by atoms with E-state index in [4.69, 9.17) is 16.2 Å². The second-order valence-electron chi connectivity index (χ2n) is 8.02. The Bertz CT molecular complexity index is 424. The van der Waals surface area contributed by atoms with E-state index in [0.29, 0.717) is 19.4 Å². The third kappa shape index (κ3) is 19.9. The number of hydrogen-bond acceptors (Lipinski definition) is 5. The van der Waals surface area contributed by atoms with Gasteiger partial charge in [-0.05, 0) is 51.5 Å². The minimum absolute atomic E-state index is 0.291. The Kier molecular flexibility index (Phi) is 20.6. The summed E-state index contributed by atoms with van der Waals surface area (Å²) in [7, 11) is 0. The average molecular weight is 411 g/mol. The molecule has 0 spiro atoms. The first kappa shape index (κ1) is 27.8. The third-order valence-corrected chi connectivity index (χ3v) is 5.13. The lowest BCUT2D eigenvalue weighted by molar-refractivity contribution is -0.160. The van der Waals surface area contributed by atoms with Crippen LogP contribution in [0.4, 0.5) is 0 Å². The molecule has 0 aromatic heterocycles. The molecule has 0 radical (unpaired) electrons. The van der Waals surface area contributed by atoms with E-state index < -0.39 is 18.0 Å². The van der Waals surface area contributed by atoms with Gasteiger partial charge in [-0.3, -0.25) is 4.79 Å². The molecule has 0 heterocycles. The lowest BCUT2D eigenvalue weighted by atomic mass is 10.1. The molecule has 0 bridgehead atoms. The first-order chi connectivity index (χ1) is 14.1. The van der Waals surface area contributed by atoms with E-state index in [2.05, 4.69) is 19.1 Å². The summed E-state index contributed by atoms with van der Waals surface area (Å²) in [5.74, 6) is -1.07. The van der Waals surface area contributed by atoms with Crippen molar-refractivity contribution in [3.8, 4) is 0 Å². The highest BCUT2D eigenvalue weighted by Gasteiger charge is 2.18. The maximum Gasteiger partial charge on any atom is 0.330 e. The predicted molar refractivity (Wildman–Crippen MR) is 121 cm³/mol. The highest BCUT2D eigenvalue weighted by Crippen LogP contribution is 2.10. The van der Waals surface area contributed by atoms with E-state index in [9.17, 15) is 9.59 Å². The molecule has 0 aliphatic heterocycles. The van der Waals surface area contributed by atoms with Crippen LogP contribution in [0.3, 0.4) is 0 Å². The van der Waals surface area contributed by atoms with Crippen LogP contribution in [-0.4, -0.2) is 24.5 Å². The van der Waals surface area contributed by atoms with Gasteiger partial charge in [0.05, 0.1) is 0 Å². The Labute approximate surface area is 179 Å². The summed E-state index contributed by atoms with van der Waals surface area (Å²) >= 11 is 0. The molecule has 0 amide bonds. The molecule has 0 rings (SSSR count). The minimum atomic E-state index is -0.723. The molecule has 0 aromatic rings. The van der Waals surface area contributed by atoms with Crippen LogP contribution in [0.2, 0.25) is 0 Å².